The lowest BCUT2D eigenvalue weighted by atomic mass is 10.2. The number of hydrogen-bond acceptors (Lipinski definition) is 8. The molecule has 10 heteroatoms. The van der Waals surface area contributed by atoms with Crippen LogP contribution < -0.4 is 4.90 Å². The van der Waals surface area contributed by atoms with Gasteiger partial charge in [-0.2, -0.15) is 4.90 Å². The standard InChI is InChI=1S/C25H39N3O6S/c1-23(2,3)32-20(29)27-14-10-11-17(27)16-35-18-12-13-26-19(15-18)28(21(30)33-24(4,5)6)22(31)34-25(7,8)9/h12-13,15,17H,10-11,14,16H2,1-9H3/t17-/m0/s1. The molecule has 2 rings (SSSR count). The summed E-state index contributed by atoms with van der Waals surface area (Å²) in [5, 5.41) is 0. The summed E-state index contributed by atoms with van der Waals surface area (Å²) in [6, 6.07) is 3.47. The zero-order chi connectivity index (χ0) is 26.6. The Morgan fingerprint density at radius 2 is 1.51 bits per heavy atom. The summed E-state index contributed by atoms with van der Waals surface area (Å²) >= 11 is 1.52. The fourth-order valence-corrected chi connectivity index (χ4v) is 4.33. The third-order valence-corrected chi connectivity index (χ3v) is 5.68. The fraction of sp³-hybridized carbons (Fsp3) is 0.680. The van der Waals surface area contributed by atoms with Crippen LogP contribution >= 0.6 is 11.8 Å². The molecule has 1 aliphatic heterocycles. The van der Waals surface area contributed by atoms with Crippen LogP contribution in [0, 0.1) is 0 Å². The maximum Gasteiger partial charge on any atom is 0.425 e. The van der Waals surface area contributed by atoms with Gasteiger partial charge in [-0.05, 0) is 87.3 Å². The van der Waals surface area contributed by atoms with Crippen molar-refractivity contribution >= 4 is 35.9 Å². The van der Waals surface area contributed by atoms with Gasteiger partial charge in [0.25, 0.3) is 0 Å². The summed E-state index contributed by atoms with van der Waals surface area (Å²) in [4.78, 5) is 46.0. The second-order valence-electron chi connectivity index (χ2n) is 11.4. The molecule has 196 valence electrons. The van der Waals surface area contributed by atoms with Crippen molar-refractivity contribution in [1.82, 2.24) is 9.88 Å². The molecule has 0 aromatic carbocycles. The van der Waals surface area contributed by atoms with E-state index in [0.717, 1.165) is 22.6 Å². The van der Waals surface area contributed by atoms with E-state index in [2.05, 4.69) is 4.98 Å². The molecule has 1 saturated heterocycles. The van der Waals surface area contributed by atoms with E-state index in [1.165, 1.54) is 18.0 Å². The highest BCUT2D eigenvalue weighted by molar-refractivity contribution is 7.99. The van der Waals surface area contributed by atoms with Crippen LogP contribution in [0.15, 0.2) is 23.2 Å². The van der Waals surface area contributed by atoms with E-state index in [0.29, 0.717) is 12.3 Å². The number of rotatable bonds is 4. The number of carbonyl (C=O) groups is 3. The first-order chi connectivity index (χ1) is 16.0. The average Bonchev–Trinajstić information content (AvgIpc) is 3.11. The van der Waals surface area contributed by atoms with Gasteiger partial charge in [0, 0.05) is 29.4 Å². The van der Waals surface area contributed by atoms with E-state index in [4.69, 9.17) is 14.2 Å². The van der Waals surface area contributed by atoms with E-state index in [1.54, 1.807) is 58.6 Å². The van der Waals surface area contributed by atoms with Crippen LogP contribution in [-0.2, 0) is 14.2 Å². The number of anilines is 1. The van der Waals surface area contributed by atoms with Crippen molar-refractivity contribution in [3.8, 4) is 0 Å². The van der Waals surface area contributed by atoms with Crippen molar-refractivity contribution in [2.45, 2.75) is 103 Å². The second kappa shape index (κ2) is 11.1. The van der Waals surface area contributed by atoms with Crippen LogP contribution in [0.5, 0.6) is 0 Å². The van der Waals surface area contributed by atoms with E-state index in [1.807, 2.05) is 20.8 Å². The maximum absolute atomic E-state index is 12.9. The van der Waals surface area contributed by atoms with Gasteiger partial charge in [-0.3, -0.25) is 0 Å². The molecule has 0 unspecified atom stereocenters. The molecule has 0 saturated carbocycles. The largest absolute Gasteiger partial charge is 0.444 e. The first-order valence-electron chi connectivity index (χ1n) is 11.8. The normalized spacial score (nSPS) is 16.6. The molecule has 0 N–H and O–H groups in total. The van der Waals surface area contributed by atoms with Gasteiger partial charge in [0.1, 0.15) is 22.6 Å². The zero-order valence-electron chi connectivity index (χ0n) is 22.3. The Bertz CT molecular complexity index is 889. The highest BCUT2D eigenvalue weighted by Gasteiger charge is 2.34. The van der Waals surface area contributed by atoms with E-state index < -0.39 is 29.0 Å². The Morgan fingerprint density at radius 3 is 2.03 bits per heavy atom. The first-order valence-corrected chi connectivity index (χ1v) is 12.8. The topological polar surface area (TPSA) is 98.3 Å². The number of ether oxygens (including phenoxy) is 3. The molecule has 1 aliphatic rings. The SMILES string of the molecule is CC(C)(C)OC(=O)N(C(=O)OC(C)(C)C)c1cc(SC[C@@H]2CCCN2C(=O)OC(C)(C)C)ccn1. The summed E-state index contributed by atoms with van der Waals surface area (Å²) < 4.78 is 16.4. The minimum absolute atomic E-state index is 0.0271. The molecule has 1 aromatic rings. The highest BCUT2D eigenvalue weighted by Crippen LogP contribution is 2.29. The van der Waals surface area contributed by atoms with Crippen LogP contribution in [0.1, 0.15) is 75.2 Å². The molecule has 2 heterocycles. The molecule has 0 aliphatic carbocycles. The molecule has 1 aromatic heterocycles. The Balaban J connectivity index is 2.19. The van der Waals surface area contributed by atoms with Crippen molar-refractivity contribution in [2.75, 3.05) is 17.2 Å². The fourth-order valence-electron chi connectivity index (χ4n) is 3.25. The number of hydrogen-bond donors (Lipinski definition) is 0. The van der Waals surface area contributed by atoms with Gasteiger partial charge in [0.15, 0.2) is 0 Å². The highest BCUT2D eigenvalue weighted by atomic mass is 32.2. The Hall–Kier alpha value is -2.49. The molecule has 35 heavy (non-hydrogen) atoms. The number of pyridine rings is 1. The molecular weight excluding hydrogens is 470 g/mol. The number of aromatic nitrogens is 1. The molecule has 0 spiro atoms. The molecule has 3 amide bonds. The van der Waals surface area contributed by atoms with Crippen molar-refractivity contribution in [3.63, 3.8) is 0 Å². The van der Waals surface area contributed by atoms with Crippen molar-refractivity contribution in [3.05, 3.63) is 18.3 Å². The summed E-state index contributed by atoms with van der Waals surface area (Å²) in [6.07, 6.45) is 1.28. The van der Waals surface area contributed by atoms with Gasteiger partial charge in [0.2, 0.25) is 0 Å². The van der Waals surface area contributed by atoms with Crippen molar-refractivity contribution in [2.24, 2.45) is 0 Å². The number of likely N-dealkylation sites (tertiary alicyclic amines) is 1. The van der Waals surface area contributed by atoms with E-state index in [9.17, 15) is 14.4 Å². The number of imide groups is 1. The van der Waals surface area contributed by atoms with Crippen LogP contribution in [0.2, 0.25) is 0 Å². The van der Waals surface area contributed by atoms with Gasteiger partial charge in [-0.25, -0.2) is 19.4 Å². The first kappa shape index (κ1) is 28.7. The number of nitrogens with zero attached hydrogens (tertiary/aromatic N) is 3. The van der Waals surface area contributed by atoms with Crippen molar-refractivity contribution in [1.29, 1.82) is 0 Å². The lowest BCUT2D eigenvalue weighted by Crippen LogP contribution is -2.44. The lowest BCUT2D eigenvalue weighted by molar-refractivity contribution is 0.0240. The summed E-state index contributed by atoms with van der Waals surface area (Å²) in [6.45, 7) is 16.5. The maximum atomic E-state index is 12.9. The number of amides is 3. The van der Waals surface area contributed by atoms with Crippen molar-refractivity contribution < 1.29 is 28.6 Å². The number of thioether (sulfide) groups is 1. The third-order valence-electron chi connectivity index (χ3n) is 4.55. The van der Waals surface area contributed by atoms with Gasteiger partial charge in [-0.15, -0.1) is 11.8 Å². The van der Waals surface area contributed by atoms with Gasteiger partial charge < -0.3 is 19.1 Å². The monoisotopic (exact) mass is 509 g/mol. The number of carbonyl (C=O) groups excluding carboxylic acids is 3. The summed E-state index contributed by atoms with van der Waals surface area (Å²) in [7, 11) is 0. The van der Waals surface area contributed by atoms with Crippen LogP contribution in [-0.4, -0.2) is 63.3 Å². The minimum Gasteiger partial charge on any atom is -0.444 e. The second-order valence-corrected chi connectivity index (χ2v) is 12.5. The lowest BCUT2D eigenvalue weighted by Gasteiger charge is -2.29. The summed E-state index contributed by atoms with van der Waals surface area (Å²) in [5.74, 6) is 0.746. The molecule has 1 atom stereocenters. The van der Waals surface area contributed by atoms with Crippen LogP contribution in [0.25, 0.3) is 0 Å². The third kappa shape index (κ3) is 9.58. The van der Waals surface area contributed by atoms with Gasteiger partial charge >= 0.3 is 18.3 Å². The predicted molar refractivity (Wildman–Crippen MR) is 136 cm³/mol. The van der Waals surface area contributed by atoms with Gasteiger partial charge in [-0.1, -0.05) is 0 Å². The zero-order valence-corrected chi connectivity index (χ0v) is 23.2. The molecule has 0 bridgehead atoms. The molecular formula is C25H39N3O6S. The van der Waals surface area contributed by atoms with E-state index >= 15 is 0 Å². The Morgan fingerprint density at radius 1 is 0.971 bits per heavy atom. The molecule has 0 radical (unpaired) electrons. The Labute approximate surface area is 212 Å². The summed E-state index contributed by atoms with van der Waals surface area (Å²) in [5.41, 5.74) is -2.17. The van der Waals surface area contributed by atoms with Crippen LogP contribution in [0.4, 0.5) is 20.2 Å². The minimum atomic E-state index is -0.867. The van der Waals surface area contributed by atoms with E-state index in [-0.39, 0.29) is 18.0 Å². The molecule has 1 fully saturated rings. The quantitative estimate of drug-likeness (QED) is 0.347. The van der Waals surface area contributed by atoms with Crippen LogP contribution in [0.3, 0.4) is 0 Å². The predicted octanol–water partition coefficient (Wildman–Crippen LogP) is 6.25. The smallest absolute Gasteiger partial charge is 0.425 e. The molecule has 9 nitrogen and oxygen atoms in total. The van der Waals surface area contributed by atoms with Gasteiger partial charge in [0.05, 0.1) is 0 Å². The average molecular weight is 510 g/mol. The Kier molecular flexibility index (Phi) is 9.08.